The second-order valence-electron chi connectivity index (χ2n) is 6.10. The zero-order chi connectivity index (χ0) is 20.9. The molecule has 0 aliphatic heterocycles. The highest BCUT2D eigenvalue weighted by molar-refractivity contribution is 7.98. The Morgan fingerprint density at radius 1 is 1.07 bits per heavy atom. The molecule has 0 heterocycles. The third kappa shape index (κ3) is 7.14. The fourth-order valence-corrected chi connectivity index (χ4v) is 3.04. The van der Waals surface area contributed by atoms with Crippen molar-refractivity contribution in [3.63, 3.8) is 0 Å². The number of carbonyl (C=O) groups is 2. The van der Waals surface area contributed by atoms with E-state index in [0.29, 0.717) is 35.8 Å². The molecule has 1 atom stereocenters. The maximum atomic E-state index is 12.8. The first-order chi connectivity index (χ1) is 13.5. The number of benzene rings is 1. The Bertz CT molecular complexity index is 612. The van der Waals surface area contributed by atoms with Crippen LogP contribution in [0, 0.1) is 0 Å². The van der Waals surface area contributed by atoms with Crippen molar-refractivity contribution in [3.8, 4) is 17.2 Å². The van der Waals surface area contributed by atoms with Crippen molar-refractivity contribution in [1.82, 2.24) is 5.32 Å². The number of ether oxygens (including phenoxy) is 4. The lowest BCUT2D eigenvalue weighted by atomic mass is 10.1. The average molecular weight is 414 g/mol. The molecule has 1 aromatic carbocycles. The van der Waals surface area contributed by atoms with Gasteiger partial charge in [0.1, 0.15) is 6.04 Å². The largest absolute Gasteiger partial charge is 0.493 e. The van der Waals surface area contributed by atoms with Gasteiger partial charge in [0.2, 0.25) is 5.75 Å². The standard InChI is InChI=1S/C20H31NO6S/c1-6-7-8-10-27-20(23)15(9-11-28-5)21-19(22)14-12-16(24-2)18(26-4)17(13-14)25-3/h12-13,15H,6-11H2,1-5H3,(H,21,22)/t15-/m0/s1. The van der Waals surface area contributed by atoms with E-state index in [-0.39, 0.29) is 0 Å². The summed E-state index contributed by atoms with van der Waals surface area (Å²) in [7, 11) is 4.45. The van der Waals surface area contributed by atoms with Crippen molar-refractivity contribution in [3.05, 3.63) is 17.7 Å². The van der Waals surface area contributed by atoms with Gasteiger partial charge in [-0.1, -0.05) is 19.8 Å². The smallest absolute Gasteiger partial charge is 0.328 e. The molecule has 0 unspecified atom stereocenters. The summed E-state index contributed by atoms with van der Waals surface area (Å²) in [6, 6.07) is 2.39. The molecule has 1 aromatic rings. The van der Waals surface area contributed by atoms with Gasteiger partial charge in [-0.15, -0.1) is 0 Å². The maximum Gasteiger partial charge on any atom is 0.328 e. The number of carbonyl (C=O) groups excluding carboxylic acids is 2. The van der Waals surface area contributed by atoms with Crippen LogP contribution in [0.25, 0.3) is 0 Å². The summed E-state index contributed by atoms with van der Waals surface area (Å²) in [5, 5.41) is 2.77. The highest BCUT2D eigenvalue weighted by atomic mass is 32.2. The molecule has 8 heteroatoms. The van der Waals surface area contributed by atoms with E-state index in [1.54, 1.807) is 23.9 Å². The van der Waals surface area contributed by atoms with Crippen molar-refractivity contribution in [1.29, 1.82) is 0 Å². The van der Waals surface area contributed by atoms with Gasteiger partial charge < -0.3 is 24.3 Å². The highest BCUT2D eigenvalue weighted by Crippen LogP contribution is 2.38. The highest BCUT2D eigenvalue weighted by Gasteiger charge is 2.24. The number of methoxy groups -OCH3 is 3. The van der Waals surface area contributed by atoms with Gasteiger partial charge >= 0.3 is 5.97 Å². The van der Waals surface area contributed by atoms with Crippen LogP contribution in [0.15, 0.2) is 12.1 Å². The molecule has 0 aliphatic carbocycles. The molecule has 0 saturated carbocycles. The Morgan fingerprint density at radius 3 is 2.21 bits per heavy atom. The minimum Gasteiger partial charge on any atom is -0.493 e. The Morgan fingerprint density at radius 2 is 1.71 bits per heavy atom. The summed E-state index contributed by atoms with van der Waals surface area (Å²) in [4.78, 5) is 25.2. The monoisotopic (exact) mass is 413 g/mol. The summed E-state index contributed by atoms with van der Waals surface area (Å²) in [6.07, 6.45) is 5.30. The van der Waals surface area contributed by atoms with Crippen LogP contribution >= 0.6 is 11.8 Å². The van der Waals surface area contributed by atoms with E-state index in [2.05, 4.69) is 12.2 Å². The predicted octanol–water partition coefficient (Wildman–Crippen LogP) is 3.30. The number of unbranched alkanes of at least 4 members (excludes halogenated alkanes) is 2. The van der Waals surface area contributed by atoms with E-state index >= 15 is 0 Å². The molecule has 1 rings (SSSR count). The zero-order valence-electron chi connectivity index (χ0n) is 17.3. The van der Waals surface area contributed by atoms with Gasteiger partial charge in [0.05, 0.1) is 27.9 Å². The molecular weight excluding hydrogens is 382 g/mol. The quantitative estimate of drug-likeness (QED) is 0.392. The van der Waals surface area contributed by atoms with E-state index in [1.807, 2.05) is 6.26 Å². The molecule has 1 amide bonds. The Hall–Kier alpha value is -2.09. The molecule has 0 aromatic heterocycles. The van der Waals surface area contributed by atoms with E-state index in [0.717, 1.165) is 25.0 Å². The Kier molecular flexibility index (Phi) is 11.2. The molecule has 1 N–H and O–H groups in total. The number of rotatable bonds is 13. The molecule has 158 valence electrons. The number of hydrogen-bond donors (Lipinski definition) is 1. The van der Waals surface area contributed by atoms with Crippen LogP contribution in [0.3, 0.4) is 0 Å². The molecule has 0 fully saturated rings. The van der Waals surface area contributed by atoms with Crippen LogP contribution in [-0.2, 0) is 9.53 Å². The lowest BCUT2D eigenvalue weighted by Gasteiger charge is -2.18. The summed E-state index contributed by atoms with van der Waals surface area (Å²) in [5.41, 5.74) is 0.308. The van der Waals surface area contributed by atoms with Crippen molar-refractivity contribution in [2.75, 3.05) is 39.9 Å². The predicted molar refractivity (Wildman–Crippen MR) is 111 cm³/mol. The summed E-state index contributed by atoms with van der Waals surface area (Å²) in [6.45, 7) is 2.45. The zero-order valence-corrected chi connectivity index (χ0v) is 18.1. The minimum absolute atomic E-state index is 0.308. The first kappa shape index (κ1) is 23.9. The van der Waals surface area contributed by atoms with Crippen LogP contribution in [0.5, 0.6) is 17.2 Å². The lowest BCUT2D eigenvalue weighted by molar-refractivity contribution is -0.146. The normalized spacial score (nSPS) is 11.5. The first-order valence-corrected chi connectivity index (χ1v) is 10.7. The van der Waals surface area contributed by atoms with Crippen molar-refractivity contribution >= 4 is 23.6 Å². The van der Waals surface area contributed by atoms with Gasteiger partial charge in [0, 0.05) is 5.56 Å². The Balaban J connectivity index is 2.93. The fourth-order valence-electron chi connectivity index (χ4n) is 2.56. The van der Waals surface area contributed by atoms with Gasteiger partial charge in [-0.05, 0) is 37.0 Å². The number of amides is 1. The number of thioether (sulfide) groups is 1. The van der Waals surface area contributed by atoms with Gasteiger partial charge in [-0.25, -0.2) is 4.79 Å². The van der Waals surface area contributed by atoms with Gasteiger partial charge in [0.15, 0.2) is 11.5 Å². The van der Waals surface area contributed by atoms with Gasteiger partial charge in [0.25, 0.3) is 5.91 Å². The number of esters is 1. The van der Waals surface area contributed by atoms with E-state index < -0.39 is 17.9 Å². The van der Waals surface area contributed by atoms with Crippen LogP contribution in [0.2, 0.25) is 0 Å². The number of hydrogen-bond acceptors (Lipinski definition) is 7. The summed E-state index contributed by atoms with van der Waals surface area (Å²) >= 11 is 1.60. The fraction of sp³-hybridized carbons (Fsp3) is 0.600. The summed E-state index contributed by atoms with van der Waals surface area (Å²) in [5.74, 6) is 1.05. The average Bonchev–Trinajstić information content (AvgIpc) is 2.72. The minimum atomic E-state index is -0.708. The molecule has 0 radical (unpaired) electrons. The molecule has 0 saturated heterocycles. The van der Waals surface area contributed by atoms with E-state index in [9.17, 15) is 9.59 Å². The van der Waals surface area contributed by atoms with E-state index in [4.69, 9.17) is 18.9 Å². The second kappa shape index (κ2) is 13.1. The van der Waals surface area contributed by atoms with Gasteiger partial charge in [-0.2, -0.15) is 11.8 Å². The van der Waals surface area contributed by atoms with Crippen molar-refractivity contribution in [2.45, 2.75) is 38.6 Å². The first-order valence-electron chi connectivity index (χ1n) is 9.28. The molecule has 0 spiro atoms. The van der Waals surface area contributed by atoms with Crippen molar-refractivity contribution < 1.29 is 28.5 Å². The van der Waals surface area contributed by atoms with Crippen LogP contribution in [0.4, 0.5) is 0 Å². The third-order valence-electron chi connectivity index (χ3n) is 4.12. The summed E-state index contributed by atoms with van der Waals surface area (Å²) < 4.78 is 21.2. The molecule has 7 nitrogen and oxygen atoms in total. The van der Waals surface area contributed by atoms with Crippen LogP contribution in [-0.4, -0.2) is 57.9 Å². The lowest BCUT2D eigenvalue weighted by Crippen LogP contribution is -2.42. The molecule has 0 bridgehead atoms. The van der Waals surface area contributed by atoms with Gasteiger partial charge in [-0.3, -0.25) is 4.79 Å². The third-order valence-corrected chi connectivity index (χ3v) is 4.76. The number of nitrogens with one attached hydrogen (secondary N) is 1. The molecule has 28 heavy (non-hydrogen) atoms. The molecule has 0 aliphatic rings. The maximum absolute atomic E-state index is 12.8. The van der Waals surface area contributed by atoms with Crippen LogP contribution in [0.1, 0.15) is 43.0 Å². The van der Waals surface area contributed by atoms with Crippen LogP contribution < -0.4 is 19.5 Å². The topological polar surface area (TPSA) is 83.1 Å². The SMILES string of the molecule is CCCCCOC(=O)[C@H](CCSC)NC(=O)c1cc(OC)c(OC)c(OC)c1. The second-order valence-corrected chi connectivity index (χ2v) is 7.08. The molecular formula is C20H31NO6S. The Labute approximate surface area is 171 Å². The van der Waals surface area contributed by atoms with Crippen molar-refractivity contribution in [2.24, 2.45) is 0 Å². The van der Waals surface area contributed by atoms with E-state index in [1.165, 1.54) is 21.3 Å².